The molecule has 0 aliphatic rings. The Morgan fingerprint density at radius 2 is 2.18 bits per heavy atom. The number of rotatable bonds is 4. The van der Waals surface area contributed by atoms with Crippen LogP contribution in [-0.2, 0) is 0 Å². The second kappa shape index (κ2) is 5.39. The molecule has 0 atom stereocenters. The number of amides is 1. The zero-order valence-corrected chi connectivity index (χ0v) is 10.4. The summed E-state index contributed by atoms with van der Waals surface area (Å²) < 4.78 is 4.96. The molecule has 1 aromatic carbocycles. The first-order chi connectivity index (χ1) is 7.97. The van der Waals surface area contributed by atoms with Gasteiger partial charge in [0.15, 0.2) is 11.5 Å². The van der Waals surface area contributed by atoms with E-state index in [1.807, 2.05) is 6.92 Å². The van der Waals surface area contributed by atoms with Crippen molar-refractivity contribution in [1.29, 1.82) is 0 Å². The van der Waals surface area contributed by atoms with E-state index in [4.69, 9.17) is 4.74 Å². The van der Waals surface area contributed by atoms with Crippen LogP contribution in [0.15, 0.2) is 30.4 Å². The van der Waals surface area contributed by atoms with Crippen LogP contribution in [0.5, 0.6) is 11.5 Å². The molecule has 1 N–H and O–H groups in total. The average Bonchev–Trinajstić information content (AvgIpc) is 2.27. The van der Waals surface area contributed by atoms with Gasteiger partial charge in [0.25, 0.3) is 5.91 Å². The van der Waals surface area contributed by atoms with Crippen molar-refractivity contribution in [3.63, 3.8) is 0 Å². The normalized spacial score (nSPS) is 9.82. The van der Waals surface area contributed by atoms with E-state index in [1.54, 1.807) is 25.2 Å². The van der Waals surface area contributed by atoms with Crippen molar-refractivity contribution in [3.8, 4) is 11.5 Å². The minimum Gasteiger partial charge on any atom is -0.504 e. The number of ether oxygens (including phenoxy) is 1. The Kier molecular flexibility index (Phi) is 4.15. The van der Waals surface area contributed by atoms with Gasteiger partial charge in [0.05, 0.1) is 12.7 Å². The van der Waals surface area contributed by atoms with Crippen LogP contribution in [-0.4, -0.2) is 36.6 Å². The van der Waals surface area contributed by atoms with Gasteiger partial charge >= 0.3 is 0 Å². The van der Waals surface area contributed by atoms with Gasteiger partial charge in [0.2, 0.25) is 0 Å². The monoisotopic (exact) mass is 235 g/mol. The summed E-state index contributed by atoms with van der Waals surface area (Å²) in [5.74, 6) is -0.0995. The van der Waals surface area contributed by atoms with E-state index < -0.39 is 0 Å². The fourth-order valence-corrected chi connectivity index (χ4v) is 1.54. The fraction of sp³-hybridized carbons (Fsp3) is 0.308. The Morgan fingerprint density at radius 1 is 1.53 bits per heavy atom. The summed E-state index contributed by atoms with van der Waals surface area (Å²) in [5.41, 5.74) is 1.11. The predicted octanol–water partition coefficient (Wildman–Crippen LogP) is 2.05. The molecule has 1 aromatic rings. The molecule has 4 heteroatoms. The molecule has 0 bridgehead atoms. The van der Waals surface area contributed by atoms with Crippen LogP contribution in [0.2, 0.25) is 0 Å². The number of likely N-dealkylation sites (N-methyl/N-ethyl adjacent to an activating group) is 1. The second-order valence-electron chi connectivity index (χ2n) is 3.97. The third-order valence-corrected chi connectivity index (χ3v) is 2.30. The van der Waals surface area contributed by atoms with Crippen LogP contribution >= 0.6 is 0 Å². The first kappa shape index (κ1) is 13.1. The first-order valence-electron chi connectivity index (χ1n) is 5.23. The maximum Gasteiger partial charge on any atom is 0.257 e. The third kappa shape index (κ3) is 3.00. The van der Waals surface area contributed by atoms with Crippen LogP contribution in [0.1, 0.15) is 17.3 Å². The van der Waals surface area contributed by atoms with Gasteiger partial charge in [-0.05, 0) is 19.1 Å². The summed E-state index contributed by atoms with van der Waals surface area (Å²) in [4.78, 5) is 13.5. The van der Waals surface area contributed by atoms with Gasteiger partial charge in [-0.15, -0.1) is 0 Å². The smallest absolute Gasteiger partial charge is 0.257 e. The Hall–Kier alpha value is -1.97. The number of aromatic hydroxyl groups is 1. The summed E-state index contributed by atoms with van der Waals surface area (Å²) in [5, 5.41) is 9.85. The number of carbonyl (C=O) groups is 1. The van der Waals surface area contributed by atoms with Crippen molar-refractivity contribution >= 4 is 5.91 Å². The number of hydrogen-bond acceptors (Lipinski definition) is 3. The summed E-state index contributed by atoms with van der Waals surface area (Å²) in [6, 6.07) is 4.83. The molecule has 0 spiro atoms. The van der Waals surface area contributed by atoms with Crippen LogP contribution in [0.4, 0.5) is 0 Å². The number of hydrogen-bond donors (Lipinski definition) is 1. The molecule has 0 heterocycles. The number of phenolic OH excluding ortho intramolecular Hbond substituents is 1. The van der Waals surface area contributed by atoms with Crippen LogP contribution in [0, 0.1) is 0 Å². The molecule has 0 aliphatic heterocycles. The zero-order valence-electron chi connectivity index (χ0n) is 10.4. The summed E-state index contributed by atoms with van der Waals surface area (Å²) in [6.07, 6.45) is 0. The van der Waals surface area contributed by atoms with E-state index in [-0.39, 0.29) is 17.2 Å². The Morgan fingerprint density at radius 3 is 2.71 bits per heavy atom. The molecular formula is C13H17NO3. The number of benzene rings is 1. The van der Waals surface area contributed by atoms with Crippen molar-refractivity contribution in [2.75, 3.05) is 20.7 Å². The zero-order chi connectivity index (χ0) is 13.0. The van der Waals surface area contributed by atoms with Gasteiger partial charge in [0.1, 0.15) is 0 Å². The molecule has 0 aromatic heterocycles. The van der Waals surface area contributed by atoms with Crippen LogP contribution < -0.4 is 4.74 Å². The molecule has 0 saturated heterocycles. The highest BCUT2D eigenvalue weighted by Gasteiger charge is 2.18. The molecule has 0 aliphatic carbocycles. The lowest BCUT2D eigenvalue weighted by atomic mass is 10.1. The SMILES string of the molecule is C=C(C)CN(C)C(=O)c1cccc(OC)c1O. The molecule has 0 radical (unpaired) electrons. The number of carbonyl (C=O) groups excluding carboxylic acids is 1. The molecule has 17 heavy (non-hydrogen) atoms. The van der Waals surface area contributed by atoms with Gasteiger partial charge in [-0.3, -0.25) is 4.79 Å². The molecule has 1 rings (SSSR count). The van der Waals surface area contributed by atoms with Gasteiger partial charge < -0.3 is 14.7 Å². The lowest BCUT2D eigenvalue weighted by Crippen LogP contribution is -2.28. The average molecular weight is 235 g/mol. The molecular weight excluding hydrogens is 218 g/mol. The van der Waals surface area contributed by atoms with E-state index in [1.165, 1.54) is 12.0 Å². The molecule has 0 saturated carbocycles. The lowest BCUT2D eigenvalue weighted by molar-refractivity contribution is 0.0803. The molecule has 92 valence electrons. The quantitative estimate of drug-likeness (QED) is 0.812. The maximum atomic E-state index is 12.0. The number of phenols is 1. The second-order valence-corrected chi connectivity index (χ2v) is 3.97. The molecule has 0 unspecified atom stereocenters. The van der Waals surface area contributed by atoms with Gasteiger partial charge in [-0.1, -0.05) is 18.2 Å². The first-order valence-corrected chi connectivity index (χ1v) is 5.23. The third-order valence-electron chi connectivity index (χ3n) is 2.30. The standard InChI is InChI=1S/C13H17NO3/c1-9(2)8-14(3)13(16)10-6-5-7-11(17-4)12(10)15/h5-7,15H,1,8H2,2-4H3. The topological polar surface area (TPSA) is 49.8 Å². The summed E-state index contributed by atoms with van der Waals surface area (Å²) in [7, 11) is 3.11. The van der Waals surface area contributed by atoms with Crippen molar-refractivity contribution in [1.82, 2.24) is 4.90 Å². The molecule has 0 fully saturated rings. The van der Waals surface area contributed by atoms with Crippen LogP contribution in [0.25, 0.3) is 0 Å². The van der Waals surface area contributed by atoms with Gasteiger partial charge in [-0.2, -0.15) is 0 Å². The van der Waals surface area contributed by atoms with E-state index in [0.717, 1.165) is 5.57 Å². The van der Waals surface area contributed by atoms with Gasteiger partial charge in [-0.25, -0.2) is 0 Å². The number of para-hydroxylation sites is 1. The highest BCUT2D eigenvalue weighted by Crippen LogP contribution is 2.30. The largest absolute Gasteiger partial charge is 0.504 e. The fourth-order valence-electron chi connectivity index (χ4n) is 1.54. The number of methoxy groups -OCH3 is 1. The Bertz CT molecular complexity index is 440. The van der Waals surface area contributed by atoms with Gasteiger partial charge in [0, 0.05) is 13.6 Å². The number of nitrogens with zero attached hydrogens (tertiary/aromatic N) is 1. The highest BCUT2D eigenvalue weighted by atomic mass is 16.5. The summed E-state index contributed by atoms with van der Waals surface area (Å²) >= 11 is 0. The maximum absolute atomic E-state index is 12.0. The Labute approximate surface area is 101 Å². The minimum absolute atomic E-state index is 0.131. The van der Waals surface area contributed by atoms with Crippen LogP contribution in [0.3, 0.4) is 0 Å². The summed E-state index contributed by atoms with van der Waals surface area (Å²) in [6.45, 7) is 6.04. The molecule has 1 amide bonds. The van der Waals surface area contributed by atoms with Crippen molar-refractivity contribution in [2.24, 2.45) is 0 Å². The van der Waals surface area contributed by atoms with E-state index in [9.17, 15) is 9.90 Å². The van der Waals surface area contributed by atoms with Crippen molar-refractivity contribution in [3.05, 3.63) is 35.9 Å². The predicted molar refractivity (Wildman–Crippen MR) is 66.4 cm³/mol. The van der Waals surface area contributed by atoms with Crippen molar-refractivity contribution in [2.45, 2.75) is 6.92 Å². The van der Waals surface area contributed by atoms with Crippen molar-refractivity contribution < 1.29 is 14.6 Å². The Balaban J connectivity index is 3.00. The van der Waals surface area contributed by atoms with E-state index >= 15 is 0 Å². The minimum atomic E-state index is -0.260. The highest BCUT2D eigenvalue weighted by molar-refractivity contribution is 5.97. The van der Waals surface area contributed by atoms with E-state index in [0.29, 0.717) is 12.3 Å². The lowest BCUT2D eigenvalue weighted by Gasteiger charge is -2.18. The molecule has 4 nitrogen and oxygen atoms in total. The van der Waals surface area contributed by atoms with E-state index in [2.05, 4.69) is 6.58 Å².